The lowest BCUT2D eigenvalue weighted by molar-refractivity contribution is -0.126. The zero-order valence-corrected chi connectivity index (χ0v) is 14.1. The summed E-state index contributed by atoms with van der Waals surface area (Å²) in [6.45, 7) is 1.29. The Balaban J connectivity index is 1.60. The third kappa shape index (κ3) is 3.94. The second-order valence-electron chi connectivity index (χ2n) is 6.26. The Hall–Kier alpha value is -1.70. The number of hydrogen-bond donors (Lipinski definition) is 1. The minimum absolute atomic E-state index is 0.127. The number of carbonyl (C=O) groups excluding carboxylic acids is 3. The van der Waals surface area contributed by atoms with E-state index < -0.39 is 28.5 Å². The van der Waals surface area contributed by atoms with E-state index in [2.05, 4.69) is 9.60 Å². The van der Waals surface area contributed by atoms with Crippen LogP contribution in [0.4, 0.5) is 4.79 Å². The van der Waals surface area contributed by atoms with Gasteiger partial charge in [0.05, 0.1) is 12.2 Å². The van der Waals surface area contributed by atoms with Crippen molar-refractivity contribution < 1.29 is 31.6 Å². The first-order valence-electron chi connectivity index (χ1n) is 7.87. The minimum atomic E-state index is -5.06. The molecular weight excluding hydrogens is 355 g/mol. The van der Waals surface area contributed by atoms with Gasteiger partial charge in [0, 0.05) is 19.1 Å². The number of amides is 3. The summed E-state index contributed by atoms with van der Waals surface area (Å²) in [5.41, 5.74) is 0. The lowest BCUT2D eigenvalue weighted by Gasteiger charge is -2.30. The Labute approximate surface area is 145 Å². The molecular formula is C12H17BN4O7S-. The predicted molar refractivity (Wildman–Crippen MR) is 82.2 cm³/mol. The van der Waals surface area contributed by atoms with Crippen LogP contribution in [-0.2, 0) is 24.3 Å². The van der Waals surface area contributed by atoms with Gasteiger partial charge in [-0.05, 0) is 25.8 Å². The molecule has 3 aliphatic heterocycles. The highest BCUT2D eigenvalue weighted by molar-refractivity contribution is 7.80. The lowest BCUT2D eigenvalue weighted by atomic mass is 9.96. The zero-order chi connectivity index (χ0) is 18.2. The summed E-state index contributed by atoms with van der Waals surface area (Å²) in [5, 5.41) is 3.40. The van der Waals surface area contributed by atoms with Crippen LogP contribution in [0.3, 0.4) is 0 Å². The quantitative estimate of drug-likeness (QED) is 0.237. The highest BCUT2D eigenvalue weighted by Gasteiger charge is 2.49. The third-order valence-corrected chi connectivity index (χ3v) is 4.98. The first-order chi connectivity index (χ1) is 11.8. The second-order valence-corrected chi connectivity index (χ2v) is 7.23. The number of urea groups is 1. The molecule has 3 rings (SSSR count). The molecule has 3 heterocycles. The summed E-state index contributed by atoms with van der Waals surface area (Å²) >= 11 is 0. The molecule has 0 aromatic rings. The van der Waals surface area contributed by atoms with Crippen molar-refractivity contribution in [1.82, 2.24) is 20.1 Å². The molecule has 0 saturated carbocycles. The maximum absolute atomic E-state index is 12.5. The first-order valence-corrected chi connectivity index (χ1v) is 9.20. The van der Waals surface area contributed by atoms with Gasteiger partial charge < -0.3 is 24.4 Å². The van der Waals surface area contributed by atoms with Crippen molar-refractivity contribution in [2.24, 2.45) is 0 Å². The molecule has 3 amide bonds. The van der Waals surface area contributed by atoms with E-state index in [1.54, 1.807) is 4.81 Å². The molecule has 3 fully saturated rings. The molecule has 0 aromatic heterocycles. The van der Waals surface area contributed by atoms with Crippen LogP contribution in [0, 0.1) is 0 Å². The number of rotatable bonds is 6. The Bertz CT molecular complexity index is 674. The van der Waals surface area contributed by atoms with Gasteiger partial charge in [-0.25, -0.2) is 13.2 Å². The van der Waals surface area contributed by atoms with Crippen molar-refractivity contribution in [3.8, 4) is 0 Å². The van der Waals surface area contributed by atoms with E-state index in [4.69, 9.17) is 0 Å². The summed E-state index contributed by atoms with van der Waals surface area (Å²) < 4.78 is 36.5. The van der Waals surface area contributed by atoms with Crippen LogP contribution in [0.15, 0.2) is 0 Å². The average molecular weight is 372 g/mol. The maximum atomic E-state index is 12.5. The Morgan fingerprint density at radius 2 is 2.08 bits per heavy atom. The Morgan fingerprint density at radius 1 is 1.32 bits per heavy atom. The smallest absolute Gasteiger partial charge is 0.346 e. The van der Waals surface area contributed by atoms with Gasteiger partial charge in [-0.15, -0.1) is 0 Å². The number of hydrogen-bond acceptors (Lipinski definition) is 8. The molecule has 2 bridgehead atoms. The van der Waals surface area contributed by atoms with Crippen LogP contribution in [0.2, 0.25) is 0 Å². The number of fused-ring (bicyclic) bond motifs is 2. The number of nitrogens with zero attached hydrogens (tertiary/aromatic N) is 3. The van der Waals surface area contributed by atoms with Crippen LogP contribution in [0.25, 0.3) is 0 Å². The molecule has 11 nitrogen and oxygen atoms in total. The van der Waals surface area contributed by atoms with E-state index in [9.17, 15) is 27.4 Å². The topological polar surface area (TPSA) is 139 Å². The average Bonchev–Trinajstić information content (AvgIpc) is 3.06. The first kappa shape index (κ1) is 18.1. The minimum Gasteiger partial charge on any atom is -0.724 e. The van der Waals surface area contributed by atoms with Crippen LogP contribution in [0.1, 0.15) is 19.3 Å². The van der Waals surface area contributed by atoms with E-state index in [1.807, 2.05) is 0 Å². The van der Waals surface area contributed by atoms with Gasteiger partial charge in [-0.1, -0.05) is 0 Å². The van der Waals surface area contributed by atoms with E-state index >= 15 is 0 Å². The number of piperidine rings is 1. The summed E-state index contributed by atoms with van der Waals surface area (Å²) in [6, 6.07) is -2.24. The largest absolute Gasteiger partial charge is 0.724 e. The number of hydroxylamine groups is 2. The van der Waals surface area contributed by atoms with E-state index in [0.29, 0.717) is 43.6 Å². The second kappa shape index (κ2) is 6.90. The molecule has 1 N–H and O–H groups in total. The molecule has 3 atom stereocenters. The highest BCUT2D eigenvalue weighted by atomic mass is 32.3. The van der Waals surface area contributed by atoms with Gasteiger partial charge in [-0.2, -0.15) is 9.35 Å². The van der Waals surface area contributed by atoms with Gasteiger partial charge >= 0.3 is 6.03 Å². The lowest BCUT2D eigenvalue weighted by Crippen LogP contribution is -2.52. The van der Waals surface area contributed by atoms with Crippen LogP contribution in [-0.4, -0.2) is 91.0 Å². The molecule has 0 aliphatic carbocycles. The molecule has 3 aliphatic rings. The SMILES string of the molecule is O=C[B]N1CC[C@@H](NC(=O)[C@@H]2CC[C@@H]3CN2C(=O)N3OS(=O)(=O)[O-])C1. The predicted octanol–water partition coefficient (Wildman–Crippen LogP) is -2.35. The summed E-state index contributed by atoms with van der Waals surface area (Å²) in [7, 11) is -3.64. The van der Waals surface area contributed by atoms with E-state index in [1.165, 1.54) is 12.3 Å². The maximum Gasteiger partial charge on any atom is 0.346 e. The summed E-state index contributed by atoms with van der Waals surface area (Å²) in [5.74, 6) is -0.336. The molecule has 0 spiro atoms. The van der Waals surface area contributed by atoms with E-state index in [0.717, 1.165) is 0 Å². The number of carbonyl (C=O) groups is 3. The van der Waals surface area contributed by atoms with Crippen molar-refractivity contribution in [3.05, 3.63) is 0 Å². The fraction of sp³-hybridized carbons (Fsp3) is 0.750. The fourth-order valence-corrected chi connectivity index (χ4v) is 3.91. The monoisotopic (exact) mass is 372 g/mol. The molecule has 1 radical (unpaired) electrons. The molecule has 3 saturated heterocycles. The summed E-state index contributed by atoms with van der Waals surface area (Å²) in [6.07, 6.45) is 2.07. The summed E-state index contributed by atoms with van der Waals surface area (Å²) in [4.78, 5) is 38.2. The van der Waals surface area contributed by atoms with Crippen molar-refractivity contribution in [2.45, 2.75) is 37.4 Å². The van der Waals surface area contributed by atoms with Crippen molar-refractivity contribution in [3.63, 3.8) is 0 Å². The van der Waals surface area contributed by atoms with Crippen molar-refractivity contribution in [2.75, 3.05) is 19.6 Å². The van der Waals surface area contributed by atoms with Gasteiger partial charge in [0.1, 0.15) is 6.04 Å². The number of nitrogens with one attached hydrogen (secondary N) is 1. The fourth-order valence-electron chi connectivity index (χ4n) is 3.52. The normalized spacial score (nSPS) is 29.8. The third-order valence-electron chi connectivity index (χ3n) is 4.63. The van der Waals surface area contributed by atoms with Gasteiger partial charge in [-0.3, -0.25) is 4.79 Å². The van der Waals surface area contributed by atoms with Crippen LogP contribution in [0.5, 0.6) is 0 Å². The van der Waals surface area contributed by atoms with Crippen LogP contribution >= 0.6 is 0 Å². The van der Waals surface area contributed by atoms with E-state index in [-0.39, 0.29) is 18.5 Å². The Morgan fingerprint density at radius 3 is 2.76 bits per heavy atom. The van der Waals surface area contributed by atoms with Crippen molar-refractivity contribution >= 4 is 35.9 Å². The highest BCUT2D eigenvalue weighted by Crippen LogP contribution is 2.30. The standard InChI is InChI=1S/C12H18BN4O7S/c18-7-13-15-4-3-8(5-15)14-11(19)10-2-1-9-6-16(10)12(20)17(9)24-25(21,22)23/h7-10H,1-6H2,(H,14,19)(H,21,22,23)/p-1/t8-,9-,10+/m1/s1. The molecule has 137 valence electrons. The van der Waals surface area contributed by atoms with Crippen molar-refractivity contribution in [1.29, 1.82) is 0 Å². The van der Waals surface area contributed by atoms with Gasteiger partial charge in [0.15, 0.2) is 0 Å². The Kier molecular flexibility index (Phi) is 5.00. The molecule has 0 aromatic carbocycles. The van der Waals surface area contributed by atoms with Gasteiger partial charge in [0.2, 0.25) is 16.3 Å². The molecule has 13 heteroatoms. The van der Waals surface area contributed by atoms with Gasteiger partial charge in [0.25, 0.3) is 7.41 Å². The zero-order valence-electron chi connectivity index (χ0n) is 13.2. The molecule has 25 heavy (non-hydrogen) atoms. The molecule has 0 unspecified atom stereocenters. The van der Waals surface area contributed by atoms with Crippen LogP contribution < -0.4 is 5.32 Å².